The summed E-state index contributed by atoms with van der Waals surface area (Å²) in [6, 6.07) is -0.902. The molecular formula is C13H22N2O3. The Morgan fingerprint density at radius 3 is 2.33 bits per heavy atom. The number of urea groups is 1. The van der Waals surface area contributed by atoms with Crippen molar-refractivity contribution in [2.24, 2.45) is 11.8 Å². The Kier molecular flexibility index (Phi) is 3.78. The van der Waals surface area contributed by atoms with Crippen LogP contribution in [0.2, 0.25) is 0 Å². The van der Waals surface area contributed by atoms with E-state index in [2.05, 4.69) is 0 Å². The van der Waals surface area contributed by atoms with Crippen LogP contribution in [0, 0.1) is 11.8 Å². The lowest BCUT2D eigenvalue weighted by Crippen LogP contribution is -2.53. The molecule has 0 aromatic heterocycles. The van der Waals surface area contributed by atoms with E-state index < -0.39 is 12.0 Å². The minimum absolute atomic E-state index is 0.137. The monoisotopic (exact) mass is 254 g/mol. The number of fused-ring (bicyclic) bond motifs is 2. The van der Waals surface area contributed by atoms with E-state index in [-0.39, 0.29) is 6.03 Å². The lowest BCUT2D eigenvalue weighted by atomic mass is 9.78. The second-order valence-corrected chi connectivity index (χ2v) is 5.71. The molecule has 2 fully saturated rings. The van der Waals surface area contributed by atoms with Crippen molar-refractivity contribution in [1.82, 2.24) is 9.80 Å². The van der Waals surface area contributed by atoms with E-state index in [0.717, 1.165) is 13.1 Å². The average molecular weight is 254 g/mol. The zero-order valence-corrected chi connectivity index (χ0v) is 11.1. The van der Waals surface area contributed by atoms with Gasteiger partial charge in [-0.1, -0.05) is 6.42 Å². The highest BCUT2D eigenvalue weighted by Crippen LogP contribution is 2.34. The van der Waals surface area contributed by atoms with Crippen LogP contribution in [0.25, 0.3) is 0 Å². The van der Waals surface area contributed by atoms with E-state index in [9.17, 15) is 9.59 Å². The van der Waals surface area contributed by atoms with Crippen LogP contribution >= 0.6 is 0 Å². The summed E-state index contributed by atoms with van der Waals surface area (Å²) in [5, 5.41) is 8.95. The van der Waals surface area contributed by atoms with Gasteiger partial charge in [0.1, 0.15) is 6.04 Å². The molecule has 18 heavy (non-hydrogen) atoms. The molecule has 2 amide bonds. The fourth-order valence-corrected chi connectivity index (χ4v) is 3.14. The summed E-state index contributed by atoms with van der Waals surface area (Å²) < 4.78 is 0. The first-order valence-corrected chi connectivity index (χ1v) is 6.73. The number of hydrogen-bond acceptors (Lipinski definition) is 2. The van der Waals surface area contributed by atoms with Crippen LogP contribution in [0.5, 0.6) is 0 Å². The highest BCUT2D eigenvalue weighted by molar-refractivity contribution is 5.82. The Morgan fingerprint density at radius 1 is 1.28 bits per heavy atom. The first-order chi connectivity index (χ1) is 8.49. The molecule has 2 aliphatic rings. The van der Waals surface area contributed by atoms with E-state index >= 15 is 0 Å². The minimum Gasteiger partial charge on any atom is -0.480 e. The third kappa shape index (κ3) is 2.60. The van der Waals surface area contributed by atoms with Crippen LogP contribution in [0.3, 0.4) is 0 Å². The summed E-state index contributed by atoms with van der Waals surface area (Å²) in [6.45, 7) is 3.14. The molecule has 0 aromatic rings. The van der Waals surface area contributed by atoms with Gasteiger partial charge in [0.15, 0.2) is 0 Å². The smallest absolute Gasteiger partial charge is 0.326 e. The summed E-state index contributed by atoms with van der Waals surface area (Å²) >= 11 is 0. The summed E-state index contributed by atoms with van der Waals surface area (Å²) in [6.07, 6.45) is 4.93. The Labute approximate surface area is 108 Å². The molecule has 102 valence electrons. The molecule has 3 unspecified atom stereocenters. The third-order valence-corrected chi connectivity index (χ3v) is 4.36. The van der Waals surface area contributed by atoms with Crippen LogP contribution in [0.4, 0.5) is 4.79 Å². The maximum absolute atomic E-state index is 12.3. The molecule has 5 heteroatoms. The molecule has 1 saturated heterocycles. The zero-order valence-electron chi connectivity index (χ0n) is 11.1. The van der Waals surface area contributed by atoms with Crippen molar-refractivity contribution in [2.75, 3.05) is 20.1 Å². The summed E-state index contributed by atoms with van der Waals surface area (Å²) in [5.41, 5.74) is 0. The number of aliphatic carboxylic acids is 1. The second kappa shape index (κ2) is 5.16. The van der Waals surface area contributed by atoms with Gasteiger partial charge in [0, 0.05) is 20.1 Å². The van der Waals surface area contributed by atoms with E-state index in [0.29, 0.717) is 11.8 Å². The number of carbonyl (C=O) groups is 2. The highest BCUT2D eigenvalue weighted by atomic mass is 16.4. The van der Waals surface area contributed by atoms with Crippen LogP contribution in [-0.2, 0) is 4.79 Å². The molecule has 5 nitrogen and oxygen atoms in total. The number of carboxylic acid groups (broad SMARTS) is 1. The predicted molar refractivity (Wildman–Crippen MR) is 67.3 cm³/mol. The number of carbonyl (C=O) groups excluding carboxylic acids is 1. The molecule has 0 radical (unpaired) electrons. The lowest BCUT2D eigenvalue weighted by Gasteiger charge is -2.42. The average Bonchev–Trinajstić information content (AvgIpc) is 2.35. The van der Waals surface area contributed by atoms with Gasteiger partial charge in [0.2, 0.25) is 0 Å². The predicted octanol–water partition coefficient (Wildman–Crippen LogP) is 1.63. The SMILES string of the molecule is CC(C(=O)O)N(C)C(=O)N1CC2CCCC(C2)C1. The van der Waals surface area contributed by atoms with Gasteiger partial charge in [0.05, 0.1) is 0 Å². The normalized spacial score (nSPS) is 28.7. The van der Waals surface area contributed by atoms with E-state index in [4.69, 9.17) is 5.11 Å². The summed E-state index contributed by atoms with van der Waals surface area (Å²) in [5.74, 6) is 0.285. The Balaban J connectivity index is 1.98. The van der Waals surface area contributed by atoms with Gasteiger partial charge >= 0.3 is 12.0 Å². The van der Waals surface area contributed by atoms with Crippen molar-refractivity contribution >= 4 is 12.0 Å². The van der Waals surface area contributed by atoms with Crippen molar-refractivity contribution in [3.05, 3.63) is 0 Å². The number of carboxylic acids is 1. The molecule has 3 atom stereocenters. The minimum atomic E-state index is -0.956. The second-order valence-electron chi connectivity index (χ2n) is 5.71. The van der Waals surface area contributed by atoms with Crippen molar-refractivity contribution in [3.8, 4) is 0 Å². The summed E-state index contributed by atoms with van der Waals surface area (Å²) in [7, 11) is 1.57. The number of likely N-dealkylation sites (N-methyl/N-ethyl adjacent to an activating group) is 1. The first-order valence-electron chi connectivity index (χ1n) is 6.73. The van der Waals surface area contributed by atoms with Crippen LogP contribution in [0.15, 0.2) is 0 Å². The van der Waals surface area contributed by atoms with Gasteiger partial charge in [-0.2, -0.15) is 0 Å². The molecule has 1 aliphatic heterocycles. The van der Waals surface area contributed by atoms with E-state index in [1.807, 2.05) is 4.90 Å². The fourth-order valence-electron chi connectivity index (χ4n) is 3.14. The van der Waals surface area contributed by atoms with Gasteiger partial charge in [-0.3, -0.25) is 0 Å². The Hall–Kier alpha value is -1.26. The molecule has 2 rings (SSSR count). The molecule has 0 aromatic carbocycles. The number of nitrogens with zero attached hydrogens (tertiary/aromatic N) is 2. The molecular weight excluding hydrogens is 232 g/mol. The van der Waals surface area contributed by atoms with Crippen molar-refractivity contribution in [2.45, 2.75) is 38.6 Å². The topological polar surface area (TPSA) is 60.9 Å². The van der Waals surface area contributed by atoms with Gasteiger partial charge in [0.25, 0.3) is 0 Å². The van der Waals surface area contributed by atoms with Gasteiger partial charge in [-0.25, -0.2) is 9.59 Å². The number of likely N-dealkylation sites (tertiary alicyclic amines) is 1. The van der Waals surface area contributed by atoms with Crippen LogP contribution in [-0.4, -0.2) is 53.1 Å². The molecule has 0 spiro atoms. The fraction of sp³-hybridized carbons (Fsp3) is 0.846. The van der Waals surface area contributed by atoms with Crippen molar-refractivity contribution < 1.29 is 14.7 Å². The summed E-state index contributed by atoms with van der Waals surface area (Å²) in [4.78, 5) is 26.4. The quantitative estimate of drug-likeness (QED) is 0.814. The van der Waals surface area contributed by atoms with Crippen LogP contribution < -0.4 is 0 Å². The van der Waals surface area contributed by atoms with Gasteiger partial charge < -0.3 is 14.9 Å². The highest BCUT2D eigenvalue weighted by Gasteiger charge is 2.35. The van der Waals surface area contributed by atoms with Crippen LogP contribution in [0.1, 0.15) is 32.6 Å². The maximum Gasteiger partial charge on any atom is 0.326 e. The largest absolute Gasteiger partial charge is 0.480 e. The molecule has 1 heterocycles. The molecule has 1 N–H and O–H groups in total. The van der Waals surface area contributed by atoms with Gasteiger partial charge in [-0.15, -0.1) is 0 Å². The lowest BCUT2D eigenvalue weighted by molar-refractivity contribution is -0.141. The maximum atomic E-state index is 12.3. The Bertz CT molecular complexity index is 333. The van der Waals surface area contributed by atoms with Crippen molar-refractivity contribution in [1.29, 1.82) is 0 Å². The standard InChI is InChI=1S/C13H22N2O3/c1-9(12(16)17)14(2)13(18)15-7-10-4-3-5-11(6-10)8-15/h9-11H,3-8H2,1-2H3,(H,16,17). The van der Waals surface area contributed by atoms with Gasteiger partial charge in [-0.05, 0) is 38.0 Å². The van der Waals surface area contributed by atoms with E-state index in [1.165, 1.54) is 30.6 Å². The number of rotatable bonds is 2. The zero-order chi connectivity index (χ0) is 13.3. The third-order valence-electron chi connectivity index (χ3n) is 4.36. The van der Waals surface area contributed by atoms with Crippen molar-refractivity contribution in [3.63, 3.8) is 0 Å². The number of piperidine rings is 1. The molecule has 2 bridgehead atoms. The molecule has 1 saturated carbocycles. The number of hydrogen-bond donors (Lipinski definition) is 1. The van der Waals surface area contributed by atoms with E-state index in [1.54, 1.807) is 14.0 Å². The Morgan fingerprint density at radius 2 is 1.83 bits per heavy atom. The molecule has 1 aliphatic carbocycles. The first kappa shape index (κ1) is 13.2. The number of amides is 2.